The first-order valence-electron chi connectivity index (χ1n) is 17.0. The standard InChI is InChI=1S/C47H33NO/c1-47(2)41-16-8-5-14-38(41)39-25-23-35(29-42(39)47)48(43-17-9-6-13-36(43)32-20-19-30-11-3-4-12-31(30)27-32)34-22-24-37-33(28-34)21-26-45-46(37)40-15-7-10-18-44(40)49-45/h3-29H,1-2H3. The molecule has 0 bridgehead atoms. The third kappa shape index (κ3) is 4.20. The minimum Gasteiger partial charge on any atom is -0.456 e. The second-order valence-corrected chi connectivity index (χ2v) is 13.8. The van der Waals surface area contributed by atoms with Crippen LogP contribution in [0, 0.1) is 0 Å². The summed E-state index contributed by atoms with van der Waals surface area (Å²) < 4.78 is 6.25. The number of nitrogens with zero attached hydrogens (tertiary/aromatic N) is 1. The molecule has 1 aliphatic carbocycles. The number of anilines is 3. The van der Waals surface area contributed by atoms with Crippen LogP contribution in [0.1, 0.15) is 25.0 Å². The first-order chi connectivity index (χ1) is 24.0. The number of rotatable bonds is 4. The van der Waals surface area contributed by atoms with Gasteiger partial charge >= 0.3 is 0 Å². The molecule has 0 aliphatic heterocycles. The van der Waals surface area contributed by atoms with Gasteiger partial charge in [-0.3, -0.25) is 0 Å². The van der Waals surface area contributed by atoms with Crippen LogP contribution in [0.4, 0.5) is 17.1 Å². The fraction of sp³-hybridized carbons (Fsp3) is 0.0638. The Balaban J connectivity index is 1.21. The average molecular weight is 628 g/mol. The Kier molecular flexibility index (Phi) is 5.95. The summed E-state index contributed by atoms with van der Waals surface area (Å²) in [5.74, 6) is 0. The molecule has 0 saturated heterocycles. The van der Waals surface area contributed by atoms with Gasteiger partial charge in [0.2, 0.25) is 0 Å². The van der Waals surface area contributed by atoms with Crippen LogP contribution >= 0.6 is 0 Å². The van der Waals surface area contributed by atoms with Crippen molar-refractivity contribution in [3.8, 4) is 22.3 Å². The van der Waals surface area contributed by atoms with E-state index in [0.717, 1.165) is 33.6 Å². The van der Waals surface area contributed by atoms with E-state index in [9.17, 15) is 0 Å². The van der Waals surface area contributed by atoms with Crippen molar-refractivity contribution in [1.82, 2.24) is 0 Å². The number of fused-ring (bicyclic) bond motifs is 9. The van der Waals surface area contributed by atoms with Crippen LogP contribution in [0.2, 0.25) is 0 Å². The molecule has 0 amide bonds. The molecule has 8 aromatic carbocycles. The minimum absolute atomic E-state index is 0.108. The van der Waals surface area contributed by atoms with E-state index in [1.165, 1.54) is 60.3 Å². The van der Waals surface area contributed by atoms with Crippen molar-refractivity contribution in [1.29, 1.82) is 0 Å². The van der Waals surface area contributed by atoms with Crippen LogP contribution in [0.25, 0.3) is 65.7 Å². The highest BCUT2D eigenvalue weighted by molar-refractivity contribution is 6.19. The molecule has 1 heterocycles. The van der Waals surface area contributed by atoms with E-state index in [2.05, 4.69) is 176 Å². The fourth-order valence-corrected chi connectivity index (χ4v) is 8.21. The Morgan fingerprint density at radius 3 is 2.06 bits per heavy atom. The lowest BCUT2D eigenvalue weighted by Gasteiger charge is -2.30. The lowest BCUT2D eigenvalue weighted by Crippen LogP contribution is -2.16. The van der Waals surface area contributed by atoms with Gasteiger partial charge in [-0.1, -0.05) is 129 Å². The maximum atomic E-state index is 6.25. The summed E-state index contributed by atoms with van der Waals surface area (Å²) in [4.78, 5) is 2.45. The number of hydrogen-bond acceptors (Lipinski definition) is 2. The summed E-state index contributed by atoms with van der Waals surface area (Å²) in [6.45, 7) is 4.71. The van der Waals surface area contributed by atoms with E-state index in [0.29, 0.717) is 0 Å². The van der Waals surface area contributed by atoms with Crippen LogP contribution in [0.5, 0.6) is 0 Å². The predicted octanol–water partition coefficient (Wildman–Crippen LogP) is 13.3. The van der Waals surface area contributed by atoms with Crippen LogP contribution in [0.3, 0.4) is 0 Å². The van der Waals surface area contributed by atoms with Gasteiger partial charge in [-0.2, -0.15) is 0 Å². The summed E-state index contributed by atoms with van der Waals surface area (Å²) in [6, 6.07) is 59.6. The molecule has 2 heteroatoms. The van der Waals surface area contributed by atoms with Crippen molar-refractivity contribution in [3.05, 3.63) is 175 Å². The van der Waals surface area contributed by atoms with Crippen molar-refractivity contribution in [2.75, 3.05) is 4.90 Å². The van der Waals surface area contributed by atoms with Crippen LogP contribution in [-0.2, 0) is 5.41 Å². The molecule has 9 aromatic rings. The van der Waals surface area contributed by atoms with Gasteiger partial charge in [0.05, 0.1) is 5.69 Å². The maximum Gasteiger partial charge on any atom is 0.136 e. The third-order valence-corrected chi connectivity index (χ3v) is 10.6. The van der Waals surface area contributed by atoms with Gasteiger partial charge in [-0.15, -0.1) is 0 Å². The summed E-state index contributed by atoms with van der Waals surface area (Å²) in [5.41, 5.74) is 12.9. The second kappa shape index (κ2) is 10.4. The van der Waals surface area contributed by atoms with E-state index in [1.807, 2.05) is 6.07 Å². The molecule has 232 valence electrons. The first-order valence-corrected chi connectivity index (χ1v) is 17.0. The molecular weight excluding hydrogens is 595 g/mol. The Bertz CT molecular complexity index is 2770. The highest BCUT2D eigenvalue weighted by Crippen LogP contribution is 2.51. The fourth-order valence-electron chi connectivity index (χ4n) is 8.21. The highest BCUT2D eigenvalue weighted by atomic mass is 16.3. The summed E-state index contributed by atoms with van der Waals surface area (Å²) in [7, 11) is 0. The molecule has 0 unspecified atom stereocenters. The molecule has 0 atom stereocenters. The van der Waals surface area contributed by atoms with Crippen LogP contribution in [0.15, 0.2) is 168 Å². The Morgan fingerprint density at radius 2 is 1.14 bits per heavy atom. The van der Waals surface area contributed by atoms with Gasteiger partial charge < -0.3 is 9.32 Å². The smallest absolute Gasteiger partial charge is 0.136 e. The van der Waals surface area contributed by atoms with E-state index >= 15 is 0 Å². The first kappa shape index (κ1) is 27.9. The number of para-hydroxylation sites is 2. The summed E-state index contributed by atoms with van der Waals surface area (Å²) in [5, 5.41) is 7.17. The highest BCUT2D eigenvalue weighted by Gasteiger charge is 2.36. The molecule has 2 nitrogen and oxygen atoms in total. The molecule has 0 spiro atoms. The molecule has 1 aliphatic rings. The molecule has 0 N–H and O–H groups in total. The zero-order chi connectivity index (χ0) is 32.7. The van der Waals surface area contributed by atoms with Crippen molar-refractivity contribution in [3.63, 3.8) is 0 Å². The largest absolute Gasteiger partial charge is 0.456 e. The quantitative estimate of drug-likeness (QED) is 0.193. The predicted molar refractivity (Wildman–Crippen MR) is 206 cm³/mol. The van der Waals surface area contributed by atoms with Gasteiger partial charge in [-0.05, 0) is 97.9 Å². The number of hydrogen-bond donors (Lipinski definition) is 0. The van der Waals surface area contributed by atoms with Gasteiger partial charge in [0.25, 0.3) is 0 Å². The molecule has 49 heavy (non-hydrogen) atoms. The average Bonchev–Trinajstić information content (AvgIpc) is 3.64. The van der Waals surface area contributed by atoms with Crippen molar-refractivity contribution >= 4 is 60.5 Å². The van der Waals surface area contributed by atoms with E-state index in [1.54, 1.807) is 0 Å². The summed E-state index contributed by atoms with van der Waals surface area (Å²) in [6.07, 6.45) is 0. The number of furan rings is 1. The third-order valence-electron chi connectivity index (χ3n) is 10.6. The van der Waals surface area contributed by atoms with Gasteiger partial charge in [0, 0.05) is 33.1 Å². The van der Waals surface area contributed by atoms with Crippen LogP contribution in [-0.4, -0.2) is 0 Å². The monoisotopic (exact) mass is 627 g/mol. The zero-order valence-corrected chi connectivity index (χ0v) is 27.4. The second-order valence-electron chi connectivity index (χ2n) is 13.8. The van der Waals surface area contributed by atoms with Crippen molar-refractivity contribution in [2.24, 2.45) is 0 Å². The molecule has 0 radical (unpaired) electrons. The van der Waals surface area contributed by atoms with Crippen molar-refractivity contribution in [2.45, 2.75) is 19.3 Å². The Labute approximate surface area is 285 Å². The van der Waals surface area contributed by atoms with Gasteiger partial charge in [0.1, 0.15) is 11.2 Å². The van der Waals surface area contributed by atoms with E-state index in [4.69, 9.17) is 4.42 Å². The normalized spacial score (nSPS) is 13.3. The van der Waals surface area contributed by atoms with E-state index in [-0.39, 0.29) is 5.41 Å². The molecular formula is C47H33NO. The SMILES string of the molecule is CC1(C)c2ccccc2-c2ccc(N(c3ccc4c(ccc5oc6ccccc6c54)c3)c3ccccc3-c3ccc4ccccc4c3)cc21. The Morgan fingerprint density at radius 1 is 0.449 bits per heavy atom. The molecule has 10 rings (SSSR count). The molecule has 0 saturated carbocycles. The van der Waals surface area contributed by atoms with E-state index < -0.39 is 0 Å². The summed E-state index contributed by atoms with van der Waals surface area (Å²) >= 11 is 0. The molecule has 1 aromatic heterocycles. The van der Waals surface area contributed by atoms with Crippen LogP contribution < -0.4 is 4.90 Å². The lowest BCUT2D eigenvalue weighted by atomic mass is 9.82. The zero-order valence-electron chi connectivity index (χ0n) is 27.4. The Hall–Kier alpha value is -6.12. The minimum atomic E-state index is -0.108. The van der Waals surface area contributed by atoms with Gasteiger partial charge in [-0.25, -0.2) is 0 Å². The molecule has 0 fully saturated rings. The van der Waals surface area contributed by atoms with Crippen molar-refractivity contribution < 1.29 is 4.42 Å². The topological polar surface area (TPSA) is 16.4 Å². The maximum absolute atomic E-state index is 6.25. The van der Waals surface area contributed by atoms with Gasteiger partial charge in [0.15, 0.2) is 0 Å². The number of benzene rings is 8. The lowest BCUT2D eigenvalue weighted by molar-refractivity contribution is 0.660.